The SMILES string of the molecule is CCOC(=O)[C@H](C)n1nc(-c2ccc(Cl)cc2)ccc1=O. The van der Waals surface area contributed by atoms with Crippen molar-refractivity contribution in [3.63, 3.8) is 0 Å². The van der Waals surface area contributed by atoms with Crippen LogP contribution >= 0.6 is 11.6 Å². The van der Waals surface area contributed by atoms with Crippen LogP contribution in [0.3, 0.4) is 0 Å². The summed E-state index contributed by atoms with van der Waals surface area (Å²) in [5.74, 6) is -0.486. The van der Waals surface area contributed by atoms with Gasteiger partial charge in [-0.3, -0.25) is 4.79 Å². The van der Waals surface area contributed by atoms with Gasteiger partial charge >= 0.3 is 5.97 Å². The Morgan fingerprint density at radius 3 is 2.57 bits per heavy atom. The Morgan fingerprint density at radius 2 is 1.95 bits per heavy atom. The average molecular weight is 307 g/mol. The van der Waals surface area contributed by atoms with Gasteiger partial charge < -0.3 is 4.74 Å². The maximum Gasteiger partial charge on any atom is 0.330 e. The average Bonchev–Trinajstić information content (AvgIpc) is 2.48. The Balaban J connectivity index is 2.39. The molecule has 2 aromatic rings. The third-order valence-electron chi connectivity index (χ3n) is 2.96. The van der Waals surface area contributed by atoms with Crippen LogP contribution in [0, 0.1) is 0 Å². The molecule has 5 nitrogen and oxygen atoms in total. The highest BCUT2D eigenvalue weighted by Gasteiger charge is 2.18. The van der Waals surface area contributed by atoms with E-state index in [9.17, 15) is 9.59 Å². The number of carbonyl (C=O) groups excluding carboxylic acids is 1. The highest BCUT2D eigenvalue weighted by Crippen LogP contribution is 2.19. The quantitative estimate of drug-likeness (QED) is 0.815. The van der Waals surface area contributed by atoms with Crippen LogP contribution in [0.25, 0.3) is 11.3 Å². The molecule has 0 saturated heterocycles. The number of esters is 1. The summed E-state index contributed by atoms with van der Waals surface area (Å²) >= 11 is 5.85. The lowest BCUT2D eigenvalue weighted by Gasteiger charge is -2.13. The molecule has 1 atom stereocenters. The molecule has 0 fully saturated rings. The molecule has 0 saturated carbocycles. The smallest absolute Gasteiger partial charge is 0.330 e. The van der Waals surface area contributed by atoms with Crippen LogP contribution in [0.2, 0.25) is 5.02 Å². The van der Waals surface area contributed by atoms with Crippen molar-refractivity contribution in [2.24, 2.45) is 0 Å². The van der Waals surface area contributed by atoms with E-state index >= 15 is 0 Å². The summed E-state index contributed by atoms with van der Waals surface area (Å²) in [4.78, 5) is 23.6. The molecule has 2 rings (SSSR count). The molecule has 0 amide bonds. The fourth-order valence-electron chi connectivity index (χ4n) is 1.84. The van der Waals surface area contributed by atoms with Gasteiger partial charge in [-0.2, -0.15) is 5.10 Å². The molecule has 110 valence electrons. The number of hydrogen-bond acceptors (Lipinski definition) is 4. The summed E-state index contributed by atoms with van der Waals surface area (Å²) in [7, 11) is 0. The molecule has 1 aromatic heterocycles. The molecule has 0 N–H and O–H groups in total. The van der Waals surface area contributed by atoms with E-state index in [-0.39, 0.29) is 12.2 Å². The van der Waals surface area contributed by atoms with Crippen molar-refractivity contribution in [3.8, 4) is 11.3 Å². The van der Waals surface area contributed by atoms with Gasteiger partial charge in [0.2, 0.25) is 0 Å². The normalized spacial score (nSPS) is 12.0. The third-order valence-corrected chi connectivity index (χ3v) is 3.21. The van der Waals surface area contributed by atoms with Gasteiger partial charge in [-0.1, -0.05) is 23.7 Å². The first-order valence-corrected chi connectivity index (χ1v) is 6.93. The summed E-state index contributed by atoms with van der Waals surface area (Å²) in [5.41, 5.74) is 1.04. The topological polar surface area (TPSA) is 61.2 Å². The summed E-state index contributed by atoms with van der Waals surface area (Å²) in [6.07, 6.45) is 0. The van der Waals surface area contributed by atoms with E-state index in [0.29, 0.717) is 10.7 Å². The molecule has 0 aliphatic heterocycles. The monoisotopic (exact) mass is 306 g/mol. The van der Waals surface area contributed by atoms with Gasteiger partial charge in [0, 0.05) is 16.7 Å². The van der Waals surface area contributed by atoms with Gasteiger partial charge in [-0.05, 0) is 32.0 Å². The zero-order valence-corrected chi connectivity index (χ0v) is 12.5. The Labute approximate surface area is 127 Å². The number of benzene rings is 1. The van der Waals surface area contributed by atoms with Gasteiger partial charge in [-0.15, -0.1) is 0 Å². The molecule has 0 bridgehead atoms. The van der Waals surface area contributed by atoms with E-state index in [1.165, 1.54) is 6.07 Å². The van der Waals surface area contributed by atoms with Gasteiger partial charge in [0.05, 0.1) is 12.3 Å². The number of nitrogens with zero attached hydrogens (tertiary/aromatic N) is 2. The zero-order chi connectivity index (χ0) is 15.4. The Kier molecular flexibility index (Phi) is 4.75. The molecule has 1 aromatic carbocycles. The predicted molar refractivity (Wildman–Crippen MR) is 80.3 cm³/mol. The van der Waals surface area contributed by atoms with Gasteiger partial charge in [0.15, 0.2) is 6.04 Å². The van der Waals surface area contributed by atoms with Crippen LogP contribution in [-0.4, -0.2) is 22.4 Å². The van der Waals surface area contributed by atoms with Crippen molar-refractivity contribution in [3.05, 3.63) is 51.8 Å². The van der Waals surface area contributed by atoms with E-state index in [0.717, 1.165) is 10.2 Å². The fourth-order valence-corrected chi connectivity index (χ4v) is 1.97. The molecule has 0 unspecified atom stereocenters. The summed E-state index contributed by atoms with van der Waals surface area (Å²) in [5, 5.41) is 4.85. The van der Waals surface area contributed by atoms with Crippen LogP contribution in [0.15, 0.2) is 41.2 Å². The number of hydrogen-bond donors (Lipinski definition) is 0. The molecule has 0 aliphatic rings. The Morgan fingerprint density at radius 1 is 1.29 bits per heavy atom. The maximum absolute atomic E-state index is 11.9. The van der Waals surface area contributed by atoms with Crippen LogP contribution in [0.1, 0.15) is 19.9 Å². The van der Waals surface area contributed by atoms with Gasteiger partial charge in [0.1, 0.15) is 0 Å². The van der Waals surface area contributed by atoms with Crippen molar-refractivity contribution in [2.45, 2.75) is 19.9 Å². The van der Waals surface area contributed by atoms with Crippen molar-refractivity contribution >= 4 is 17.6 Å². The molecular formula is C15H15ClN2O3. The number of carbonyl (C=O) groups is 1. The van der Waals surface area contributed by atoms with E-state index in [1.54, 1.807) is 44.2 Å². The summed E-state index contributed by atoms with van der Waals surface area (Å²) in [6, 6.07) is 9.30. The van der Waals surface area contributed by atoms with Crippen molar-refractivity contribution in [1.82, 2.24) is 9.78 Å². The minimum absolute atomic E-state index is 0.259. The van der Waals surface area contributed by atoms with Crippen LogP contribution in [-0.2, 0) is 9.53 Å². The van der Waals surface area contributed by atoms with Crippen LogP contribution < -0.4 is 5.56 Å². The molecular weight excluding hydrogens is 292 g/mol. The molecule has 1 heterocycles. The molecule has 0 radical (unpaired) electrons. The Hall–Kier alpha value is -2.14. The minimum atomic E-state index is -0.773. The van der Waals surface area contributed by atoms with Crippen molar-refractivity contribution in [2.75, 3.05) is 6.61 Å². The van der Waals surface area contributed by atoms with Gasteiger partial charge in [0.25, 0.3) is 5.56 Å². The third kappa shape index (κ3) is 3.49. The maximum atomic E-state index is 11.9. The van der Waals surface area contributed by atoms with E-state index in [1.807, 2.05) is 0 Å². The second-order valence-electron chi connectivity index (χ2n) is 4.44. The first kappa shape index (κ1) is 15.3. The zero-order valence-electron chi connectivity index (χ0n) is 11.7. The second kappa shape index (κ2) is 6.54. The van der Waals surface area contributed by atoms with E-state index < -0.39 is 12.0 Å². The van der Waals surface area contributed by atoms with E-state index in [2.05, 4.69) is 5.10 Å². The van der Waals surface area contributed by atoms with Crippen molar-refractivity contribution < 1.29 is 9.53 Å². The predicted octanol–water partition coefficient (Wildman–Crippen LogP) is 2.69. The highest BCUT2D eigenvalue weighted by molar-refractivity contribution is 6.30. The fraction of sp³-hybridized carbons (Fsp3) is 0.267. The summed E-state index contributed by atoms with van der Waals surface area (Å²) < 4.78 is 6.05. The first-order chi connectivity index (χ1) is 10.0. The molecule has 21 heavy (non-hydrogen) atoms. The van der Waals surface area contributed by atoms with Gasteiger partial charge in [-0.25, -0.2) is 9.48 Å². The number of rotatable bonds is 4. The second-order valence-corrected chi connectivity index (χ2v) is 4.87. The summed E-state index contributed by atoms with van der Waals surface area (Å²) in [6.45, 7) is 3.55. The standard InChI is InChI=1S/C15H15ClN2O3/c1-3-21-15(20)10(2)18-14(19)9-8-13(17-18)11-4-6-12(16)7-5-11/h4-10H,3H2,1-2H3/t10-/m0/s1. The van der Waals surface area contributed by atoms with Crippen molar-refractivity contribution in [1.29, 1.82) is 0 Å². The number of aromatic nitrogens is 2. The largest absolute Gasteiger partial charge is 0.464 e. The number of halogens is 1. The van der Waals surface area contributed by atoms with Crippen LogP contribution in [0.5, 0.6) is 0 Å². The lowest BCUT2D eigenvalue weighted by atomic mass is 10.1. The minimum Gasteiger partial charge on any atom is -0.464 e. The van der Waals surface area contributed by atoms with Crippen LogP contribution in [0.4, 0.5) is 0 Å². The molecule has 0 aliphatic carbocycles. The highest BCUT2D eigenvalue weighted by atomic mass is 35.5. The Bertz CT molecular complexity index is 695. The lowest BCUT2D eigenvalue weighted by molar-refractivity contribution is -0.147. The molecule has 0 spiro atoms. The molecule has 6 heteroatoms. The van der Waals surface area contributed by atoms with E-state index in [4.69, 9.17) is 16.3 Å². The first-order valence-electron chi connectivity index (χ1n) is 6.55. The number of ether oxygens (including phenoxy) is 1. The lowest BCUT2D eigenvalue weighted by Crippen LogP contribution is -2.31.